The minimum atomic E-state index is -4.75. The Bertz CT molecular complexity index is 800. The molecule has 31 heavy (non-hydrogen) atoms. The molecule has 1 N–H and O–H groups in total. The molecule has 1 aliphatic carbocycles. The summed E-state index contributed by atoms with van der Waals surface area (Å²) in [5.41, 5.74) is 0.735. The molecule has 1 aromatic carbocycles. The summed E-state index contributed by atoms with van der Waals surface area (Å²) in [5.74, 6) is -0.312. The first-order valence-electron chi connectivity index (χ1n) is 11.0. The average Bonchev–Trinajstić information content (AvgIpc) is 3.48. The van der Waals surface area contributed by atoms with E-state index in [1.54, 1.807) is 13.0 Å². The highest BCUT2D eigenvalue weighted by molar-refractivity contribution is 5.86. The summed E-state index contributed by atoms with van der Waals surface area (Å²) in [5, 5.41) is 10.3. The molecule has 2 atom stereocenters. The van der Waals surface area contributed by atoms with E-state index in [0.717, 1.165) is 38.8 Å². The van der Waals surface area contributed by atoms with Gasteiger partial charge in [-0.25, -0.2) is 0 Å². The van der Waals surface area contributed by atoms with Crippen molar-refractivity contribution >= 4 is 11.6 Å². The van der Waals surface area contributed by atoms with Gasteiger partial charge in [0.15, 0.2) is 0 Å². The molecule has 0 bridgehead atoms. The van der Waals surface area contributed by atoms with Crippen molar-refractivity contribution in [3.63, 3.8) is 0 Å². The lowest BCUT2D eigenvalue weighted by molar-refractivity contribution is -0.274. The number of aliphatic hydroxyl groups is 1. The Morgan fingerprint density at radius 1 is 1.16 bits per heavy atom. The summed E-state index contributed by atoms with van der Waals surface area (Å²) in [6, 6.07) is 5.31. The van der Waals surface area contributed by atoms with E-state index in [9.17, 15) is 23.1 Å². The van der Waals surface area contributed by atoms with Crippen LogP contribution in [0.4, 0.5) is 18.9 Å². The van der Waals surface area contributed by atoms with Crippen LogP contribution in [0, 0.1) is 5.41 Å². The highest BCUT2D eigenvalue weighted by Gasteiger charge is 2.51. The highest BCUT2D eigenvalue weighted by Crippen LogP contribution is 2.53. The number of carbonyl (C=O) groups excluding carboxylic acids is 1. The Hall–Kier alpha value is -2.00. The van der Waals surface area contributed by atoms with Crippen LogP contribution in [-0.4, -0.2) is 78.6 Å². The van der Waals surface area contributed by atoms with Gasteiger partial charge in [0.05, 0.1) is 6.10 Å². The molecule has 3 aliphatic rings. The maximum atomic E-state index is 12.9. The standard InChI is InChI=1S/C22H30F3N3O3/c1-16-20(30)27(10-3-9-26-11-8-21(6-7-21)19(29)15-26)12-13-28(16)17-4-2-5-18(14-17)31-22(23,24)25/h2,4-5,14,16,19,29H,3,6-13,15H2,1H3/t16-,19-/m1/s1. The van der Waals surface area contributed by atoms with Gasteiger partial charge < -0.3 is 24.5 Å². The lowest BCUT2D eigenvalue weighted by Crippen LogP contribution is -2.56. The van der Waals surface area contributed by atoms with Gasteiger partial charge in [0, 0.05) is 37.9 Å². The monoisotopic (exact) mass is 441 g/mol. The molecule has 172 valence electrons. The highest BCUT2D eigenvalue weighted by atomic mass is 19.4. The SMILES string of the molecule is C[C@@H]1C(=O)N(CCCN2CCC3(CC3)[C@H](O)C2)CCN1c1cccc(OC(F)(F)F)c1. The van der Waals surface area contributed by atoms with Crippen LogP contribution in [0.15, 0.2) is 24.3 Å². The molecule has 2 saturated heterocycles. The van der Waals surface area contributed by atoms with Gasteiger partial charge in [-0.3, -0.25) is 4.79 Å². The minimum Gasteiger partial charge on any atom is -0.406 e. The Kier molecular flexibility index (Phi) is 6.09. The third-order valence-electron chi connectivity index (χ3n) is 6.99. The van der Waals surface area contributed by atoms with Crippen LogP contribution < -0.4 is 9.64 Å². The fraction of sp³-hybridized carbons (Fsp3) is 0.682. The number of piperidine rings is 1. The third kappa shape index (κ3) is 5.09. The molecule has 1 amide bonds. The van der Waals surface area contributed by atoms with Gasteiger partial charge in [0.2, 0.25) is 5.91 Å². The Labute approximate surface area is 180 Å². The number of alkyl halides is 3. The number of carbonyl (C=O) groups is 1. The normalized spacial score (nSPS) is 26.4. The van der Waals surface area contributed by atoms with Crippen LogP contribution in [0.3, 0.4) is 0 Å². The molecule has 6 nitrogen and oxygen atoms in total. The average molecular weight is 441 g/mol. The zero-order chi connectivity index (χ0) is 22.2. The number of halogens is 3. The van der Waals surface area contributed by atoms with E-state index in [2.05, 4.69) is 9.64 Å². The van der Waals surface area contributed by atoms with Gasteiger partial charge in [0.25, 0.3) is 0 Å². The summed E-state index contributed by atoms with van der Waals surface area (Å²) in [4.78, 5) is 18.8. The first kappa shape index (κ1) is 22.2. The fourth-order valence-corrected chi connectivity index (χ4v) is 4.87. The number of anilines is 1. The lowest BCUT2D eigenvalue weighted by Gasteiger charge is -2.41. The van der Waals surface area contributed by atoms with Crippen molar-refractivity contribution in [2.45, 2.75) is 51.1 Å². The first-order chi connectivity index (χ1) is 14.7. The largest absolute Gasteiger partial charge is 0.573 e. The maximum absolute atomic E-state index is 12.9. The maximum Gasteiger partial charge on any atom is 0.573 e. The van der Waals surface area contributed by atoms with Crippen molar-refractivity contribution in [2.75, 3.05) is 44.2 Å². The second-order valence-corrected chi connectivity index (χ2v) is 9.02. The van der Waals surface area contributed by atoms with E-state index < -0.39 is 12.4 Å². The van der Waals surface area contributed by atoms with Gasteiger partial charge in [-0.15, -0.1) is 13.2 Å². The number of ether oxygens (including phenoxy) is 1. The minimum absolute atomic E-state index is 0.0241. The first-order valence-corrected chi connectivity index (χ1v) is 11.0. The predicted molar refractivity (Wildman–Crippen MR) is 110 cm³/mol. The third-order valence-corrected chi connectivity index (χ3v) is 6.99. The summed E-state index contributed by atoms with van der Waals surface area (Å²) < 4.78 is 41.5. The molecule has 1 aromatic rings. The quantitative estimate of drug-likeness (QED) is 0.736. The second kappa shape index (κ2) is 8.50. The molecule has 4 rings (SSSR count). The summed E-state index contributed by atoms with van der Waals surface area (Å²) in [6.07, 6.45) is -0.799. The van der Waals surface area contributed by atoms with E-state index in [1.807, 2.05) is 9.80 Å². The van der Waals surface area contributed by atoms with Crippen molar-refractivity contribution < 1.29 is 27.8 Å². The molecule has 9 heteroatoms. The van der Waals surface area contributed by atoms with Crippen LogP contribution in [0.1, 0.15) is 32.6 Å². The Balaban J connectivity index is 1.27. The van der Waals surface area contributed by atoms with Crippen molar-refractivity contribution in [3.05, 3.63) is 24.3 Å². The van der Waals surface area contributed by atoms with Gasteiger partial charge in [-0.1, -0.05) is 6.07 Å². The zero-order valence-corrected chi connectivity index (χ0v) is 17.8. The van der Waals surface area contributed by atoms with E-state index in [1.165, 1.54) is 18.2 Å². The molecule has 0 unspecified atom stereocenters. The van der Waals surface area contributed by atoms with Crippen LogP contribution in [0.5, 0.6) is 5.75 Å². The van der Waals surface area contributed by atoms with Gasteiger partial charge in [0.1, 0.15) is 11.8 Å². The van der Waals surface area contributed by atoms with Crippen molar-refractivity contribution in [1.29, 1.82) is 0 Å². The number of piperazine rings is 1. The van der Waals surface area contributed by atoms with Gasteiger partial charge in [-0.05, 0) is 63.2 Å². The number of hydrogen-bond acceptors (Lipinski definition) is 5. The van der Waals surface area contributed by atoms with Gasteiger partial charge in [-0.2, -0.15) is 0 Å². The Morgan fingerprint density at radius 3 is 2.61 bits per heavy atom. The van der Waals surface area contributed by atoms with E-state index in [0.29, 0.717) is 31.9 Å². The van der Waals surface area contributed by atoms with E-state index in [4.69, 9.17) is 0 Å². The summed E-state index contributed by atoms with van der Waals surface area (Å²) >= 11 is 0. The molecule has 2 heterocycles. The number of benzene rings is 1. The molecule has 2 aliphatic heterocycles. The van der Waals surface area contributed by atoms with Gasteiger partial charge >= 0.3 is 6.36 Å². The number of amides is 1. The number of rotatable bonds is 6. The lowest BCUT2D eigenvalue weighted by atomic mass is 9.90. The van der Waals surface area contributed by atoms with Crippen molar-refractivity contribution in [3.8, 4) is 5.75 Å². The number of likely N-dealkylation sites (tertiary alicyclic amines) is 1. The fourth-order valence-electron chi connectivity index (χ4n) is 4.87. The molecular formula is C22H30F3N3O3. The molecule has 1 saturated carbocycles. The molecule has 0 radical (unpaired) electrons. The summed E-state index contributed by atoms with van der Waals surface area (Å²) in [6.45, 7) is 6.08. The van der Waals surface area contributed by atoms with E-state index in [-0.39, 0.29) is 23.2 Å². The number of hydrogen-bond donors (Lipinski definition) is 1. The molecular weight excluding hydrogens is 411 g/mol. The van der Waals surface area contributed by atoms with Crippen molar-refractivity contribution in [1.82, 2.24) is 9.80 Å². The molecule has 3 fully saturated rings. The predicted octanol–water partition coefficient (Wildman–Crippen LogP) is 2.86. The Morgan fingerprint density at radius 2 is 1.94 bits per heavy atom. The number of aliphatic hydroxyl groups excluding tert-OH is 1. The zero-order valence-electron chi connectivity index (χ0n) is 17.8. The molecule has 1 spiro atoms. The van der Waals surface area contributed by atoms with Crippen LogP contribution >= 0.6 is 0 Å². The summed E-state index contributed by atoms with van der Waals surface area (Å²) in [7, 11) is 0. The van der Waals surface area contributed by atoms with Crippen molar-refractivity contribution in [2.24, 2.45) is 5.41 Å². The second-order valence-electron chi connectivity index (χ2n) is 9.02. The number of nitrogens with zero attached hydrogens (tertiary/aromatic N) is 3. The van der Waals surface area contributed by atoms with Crippen LogP contribution in [-0.2, 0) is 4.79 Å². The molecule has 0 aromatic heterocycles. The van der Waals surface area contributed by atoms with Crippen LogP contribution in [0.25, 0.3) is 0 Å². The van der Waals surface area contributed by atoms with E-state index >= 15 is 0 Å². The number of β-amino-alcohol motifs (C(OH)–C–C–N with tert-alkyl or cyclic N) is 1. The van der Waals surface area contributed by atoms with Crippen LogP contribution in [0.2, 0.25) is 0 Å². The topological polar surface area (TPSA) is 56.2 Å². The smallest absolute Gasteiger partial charge is 0.406 e.